The van der Waals surface area contributed by atoms with Crippen molar-refractivity contribution >= 4 is 5.78 Å². The zero-order chi connectivity index (χ0) is 9.97. The molecule has 2 rings (SSSR count). The van der Waals surface area contributed by atoms with E-state index >= 15 is 0 Å². The number of hydrogen-bond acceptors (Lipinski definition) is 3. The van der Waals surface area contributed by atoms with Gasteiger partial charge in [0, 0.05) is 26.2 Å². The van der Waals surface area contributed by atoms with Crippen LogP contribution < -0.4 is 0 Å². The summed E-state index contributed by atoms with van der Waals surface area (Å²) in [6.07, 6.45) is 5.32. The van der Waals surface area contributed by atoms with E-state index in [1.807, 2.05) is 4.57 Å². The van der Waals surface area contributed by atoms with E-state index in [1.54, 1.807) is 19.4 Å². The minimum absolute atomic E-state index is 0.0778. The fourth-order valence-electron chi connectivity index (χ4n) is 1.83. The first kappa shape index (κ1) is 9.40. The van der Waals surface area contributed by atoms with Crippen LogP contribution >= 0.6 is 0 Å². The molecule has 4 nitrogen and oxygen atoms in total. The van der Waals surface area contributed by atoms with E-state index in [9.17, 15) is 4.79 Å². The molecule has 14 heavy (non-hydrogen) atoms. The van der Waals surface area contributed by atoms with E-state index in [0.29, 0.717) is 11.7 Å². The molecule has 4 heteroatoms. The molecule has 1 aliphatic rings. The summed E-state index contributed by atoms with van der Waals surface area (Å²) in [7, 11) is 0. The highest BCUT2D eigenvalue weighted by atomic mass is 16.5. The molecule has 0 aliphatic carbocycles. The SMILES string of the molecule is CC(=O)c1cncn1C1CCOCC1. The molecule has 0 unspecified atom stereocenters. The maximum Gasteiger partial charge on any atom is 0.177 e. The van der Waals surface area contributed by atoms with E-state index in [1.165, 1.54) is 0 Å². The van der Waals surface area contributed by atoms with E-state index in [2.05, 4.69) is 4.98 Å². The zero-order valence-electron chi connectivity index (χ0n) is 8.27. The minimum Gasteiger partial charge on any atom is -0.381 e. The molecule has 0 aromatic carbocycles. The third-order valence-corrected chi connectivity index (χ3v) is 2.61. The van der Waals surface area contributed by atoms with Crippen molar-refractivity contribution in [1.82, 2.24) is 9.55 Å². The Morgan fingerprint density at radius 2 is 2.29 bits per heavy atom. The van der Waals surface area contributed by atoms with Crippen LogP contribution in [0.15, 0.2) is 12.5 Å². The van der Waals surface area contributed by atoms with Crippen molar-refractivity contribution in [2.75, 3.05) is 13.2 Å². The highest BCUT2D eigenvalue weighted by Crippen LogP contribution is 2.22. The van der Waals surface area contributed by atoms with Gasteiger partial charge in [-0.3, -0.25) is 4.79 Å². The van der Waals surface area contributed by atoms with Crippen LogP contribution in [0.25, 0.3) is 0 Å². The maximum atomic E-state index is 11.3. The second-order valence-corrected chi connectivity index (χ2v) is 3.59. The van der Waals surface area contributed by atoms with Crippen molar-refractivity contribution < 1.29 is 9.53 Å². The number of carbonyl (C=O) groups is 1. The summed E-state index contributed by atoms with van der Waals surface area (Å²) in [5, 5.41) is 0. The summed E-state index contributed by atoms with van der Waals surface area (Å²) in [5.41, 5.74) is 0.705. The number of ether oxygens (including phenoxy) is 1. The van der Waals surface area contributed by atoms with Crippen LogP contribution in [0.2, 0.25) is 0 Å². The number of hydrogen-bond donors (Lipinski definition) is 0. The monoisotopic (exact) mass is 194 g/mol. The average Bonchev–Trinajstić information content (AvgIpc) is 2.67. The van der Waals surface area contributed by atoms with Gasteiger partial charge in [0.2, 0.25) is 0 Å². The third kappa shape index (κ3) is 1.70. The highest BCUT2D eigenvalue weighted by Gasteiger charge is 2.19. The van der Waals surface area contributed by atoms with Gasteiger partial charge in [0.05, 0.1) is 12.5 Å². The van der Waals surface area contributed by atoms with E-state index in [0.717, 1.165) is 26.1 Å². The van der Waals surface area contributed by atoms with Crippen LogP contribution in [0, 0.1) is 0 Å². The highest BCUT2D eigenvalue weighted by molar-refractivity contribution is 5.92. The minimum atomic E-state index is 0.0778. The summed E-state index contributed by atoms with van der Waals surface area (Å²) >= 11 is 0. The van der Waals surface area contributed by atoms with Crippen LogP contribution in [-0.4, -0.2) is 28.5 Å². The van der Waals surface area contributed by atoms with Crippen molar-refractivity contribution in [2.24, 2.45) is 0 Å². The summed E-state index contributed by atoms with van der Waals surface area (Å²) in [6, 6.07) is 0.380. The standard InChI is InChI=1S/C10H14N2O2/c1-8(13)10-6-11-7-12(10)9-2-4-14-5-3-9/h6-7,9H,2-5H2,1H3. The van der Waals surface area contributed by atoms with Gasteiger partial charge >= 0.3 is 0 Å². The van der Waals surface area contributed by atoms with Crippen molar-refractivity contribution in [3.63, 3.8) is 0 Å². The van der Waals surface area contributed by atoms with Crippen molar-refractivity contribution in [3.8, 4) is 0 Å². The predicted molar refractivity (Wildman–Crippen MR) is 51.3 cm³/mol. The second-order valence-electron chi connectivity index (χ2n) is 3.59. The molecule has 0 spiro atoms. The van der Waals surface area contributed by atoms with Crippen molar-refractivity contribution in [3.05, 3.63) is 18.2 Å². The molecule has 2 heterocycles. The molecular weight excluding hydrogens is 180 g/mol. The third-order valence-electron chi connectivity index (χ3n) is 2.61. The van der Waals surface area contributed by atoms with Crippen LogP contribution in [0.3, 0.4) is 0 Å². The smallest absolute Gasteiger partial charge is 0.177 e. The normalized spacial score (nSPS) is 18.4. The van der Waals surface area contributed by atoms with E-state index < -0.39 is 0 Å². The number of aromatic nitrogens is 2. The summed E-state index contributed by atoms with van der Waals surface area (Å²) in [4.78, 5) is 15.3. The maximum absolute atomic E-state index is 11.3. The van der Waals surface area contributed by atoms with E-state index in [4.69, 9.17) is 4.74 Å². The number of rotatable bonds is 2. The lowest BCUT2D eigenvalue weighted by Crippen LogP contribution is -2.21. The molecule has 1 fully saturated rings. The fraction of sp³-hybridized carbons (Fsp3) is 0.600. The Labute approximate surface area is 82.9 Å². The largest absolute Gasteiger partial charge is 0.381 e. The number of carbonyl (C=O) groups excluding carboxylic acids is 1. The molecule has 1 aromatic heterocycles. The lowest BCUT2D eigenvalue weighted by Gasteiger charge is -2.24. The second kappa shape index (κ2) is 3.92. The Bertz CT molecular complexity index is 327. The molecule has 0 N–H and O–H groups in total. The van der Waals surface area contributed by atoms with Gasteiger partial charge < -0.3 is 9.30 Å². The number of imidazole rings is 1. The molecule has 0 saturated carbocycles. The summed E-state index contributed by atoms with van der Waals surface area (Å²) in [6.45, 7) is 3.13. The predicted octanol–water partition coefficient (Wildman–Crippen LogP) is 1.44. The first-order chi connectivity index (χ1) is 6.79. The van der Waals surface area contributed by atoms with Crippen molar-refractivity contribution in [2.45, 2.75) is 25.8 Å². The summed E-state index contributed by atoms with van der Waals surface area (Å²) < 4.78 is 7.26. The molecule has 0 atom stereocenters. The zero-order valence-corrected chi connectivity index (χ0v) is 8.27. The lowest BCUT2D eigenvalue weighted by molar-refractivity contribution is 0.0681. The number of nitrogens with zero attached hydrogens (tertiary/aromatic N) is 2. The van der Waals surface area contributed by atoms with Crippen LogP contribution in [0.5, 0.6) is 0 Å². The summed E-state index contributed by atoms with van der Waals surface area (Å²) in [5.74, 6) is 0.0778. The van der Waals surface area contributed by atoms with Gasteiger partial charge in [-0.2, -0.15) is 0 Å². The number of ketones is 1. The topological polar surface area (TPSA) is 44.1 Å². The Balaban J connectivity index is 2.21. The molecule has 1 aliphatic heterocycles. The van der Waals surface area contributed by atoms with Gasteiger partial charge in [-0.05, 0) is 12.8 Å². The van der Waals surface area contributed by atoms with Gasteiger partial charge in [-0.25, -0.2) is 4.98 Å². The van der Waals surface area contributed by atoms with E-state index in [-0.39, 0.29) is 5.78 Å². The van der Waals surface area contributed by atoms with Gasteiger partial charge in [-0.1, -0.05) is 0 Å². The van der Waals surface area contributed by atoms with Crippen LogP contribution in [-0.2, 0) is 4.74 Å². The molecule has 0 bridgehead atoms. The molecule has 1 aromatic rings. The van der Waals surface area contributed by atoms with Gasteiger partial charge in [0.15, 0.2) is 5.78 Å². The average molecular weight is 194 g/mol. The first-order valence-electron chi connectivity index (χ1n) is 4.89. The first-order valence-corrected chi connectivity index (χ1v) is 4.89. The Kier molecular flexibility index (Phi) is 2.63. The molecular formula is C10H14N2O2. The Hall–Kier alpha value is -1.16. The fourth-order valence-corrected chi connectivity index (χ4v) is 1.83. The van der Waals surface area contributed by atoms with Gasteiger partial charge in [0.1, 0.15) is 5.69 Å². The molecule has 76 valence electrons. The molecule has 0 radical (unpaired) electrons. The molecule has 1 saturated heterocycles. The molecule has 0 amide bonds. The van der Waals surface area contributed by atoms with Crippen LogP contribution in [0.4, 0.5) is 0 Å². The lowest BCUT2D eigenvalue weighted by atomic mass is 10.1. The van der Waals surface area contributed by atoms with Gasteiger partial charge in [-0.15, -0.1) is 0 Å². The van der Waals surface area contributed by atoms with Crippen molar-refractivity contribution in [1.29, 1.82) is 0 Å². The Morgan fingerprint density at radius 3 is 2.93 bits per heavy atom. The Morgan fingerprint density at radius 1 is 1.57 bits per heavy atom. The van der Waals surface area contributed by atoms with Crippen LogP contribution in [0.1, 0.15) is 36.3 Å². The quantitative estimate of drug-likeness (QED) is 0.669. The number of Topliss-reactive ketones (excluding diaryl/α,β-unsaturated/α-hetero) is 1. The van der Waals surface area contributed by atoms with Gasteiger partial charge in [0.25, 0.3) is 0 Å².